The molecule has 4 rings (SSSR count). The zero-order valence-corrected chi connectivity index (χ0v) is 22.0. The second kappa shape index (κ2) is 11.7. The maximum absolute atomic E-state index is 13.3. The molecule has 2 aromatic carbocycles. The van der Waals surface area contributed by atoms with Crippen molar-refractivity contribution in [3.05, 3.63) is 90.0 Å². The minimum atomic E-state index is -0.891. The van der Waals surface area contributed by atoms with Crippen molar-refractivity contribution in [2.75, 3.05) is 6.61 Å². The van der Waals surface area contributed by atoms with Gasteiger partial charge in [-0.2, -0.15) is 0 Å². The number of benzene rings is 2. The second-order valence-corrected chi connectivity index (χ2v) is 9.17. The predicted molar refractivity (Wildman–Crippen MR) is 130 cm³/mol. The van der Waals surface area contributed by atoms with E-state index in [9.17, 15) is 9.59 Å². The number of rotatable bonds is 9. The number of nitrogens with two attached hydrogens (primary N) is 1. The van der Waals surface area contributed by atoms with Crippen LogP contribution in [0.25, 0.3) is 0 Å². The van der Waals surface area contributed by atoms with Crippen LogP contribution in [-0.2, 0) is 26.3 Å². The van der Waals surface area contributed by atoms with Gasteiger partial charge in [0.2, 0.25) is 5.91 Å². The lowest BCUT2D eigenvalue weighted by atomic mass is 9.64. The maximum atomic E-state index is 13.3. The Morgan fingerprint density at radius 1 is 1.06 bits per heavy atom. The number of amides is 1. The molecule has 0 aliphatic heterocycles. The summed E-state index contributed by atoms with van der Waals surface area (Å²) in [4.78, 5) is 25.4. The van der Waals surface area contributed by atoms with Gasteiger partial charge in [-0.1, -0.05) is 67.6 Å². The van der Waals surface area contributed by atoms with Gasteiger partial charge in [-0.15, -0.1) is 0 Å². The molecule has 1 aliphatic rings. The van der Waals surface area contributed by atoms with Gasteiger partial charge in [-0.25, -0.2) is 13.9 Å². The molecule has 1 saturated carbocycles. The van der Waals surface area contributed by atoms with Crippen molar-refractivity contribution in [3.8, 4) is 0 Å². The Morgan fingerprint density at radius 2 is 1.66 bits per heavy atom. The highest BCUT2D eigenvalue weighted by Crippen LogP contribution is 2.48. The fourth-order valence-electron chi connectivity index (χ4n) is 5.60. The maximum Gasteiger partial charge on any atom is 0.348 e. The summed E-state index contributed by atoms with van der Waals surface area (Å²) in [7, 11) is 0. The Hall–Kier alpha value is -2.93. The van der Waals surface area contributed by atoms with Crippen molar-refractivity contribution < 1.29 is 35.9 Å². The molecule has 0 saturated heterocycles. The Balaban J connectivity index is 0.00000342. The number of hydrogen-bond donors (Lipinski definition) is 1. The highest BCUT2D eigenvalue weighted by Gasteiger charge is 2.51. The van der Waals surface area contributed by atoms with Crippen LogP contribution in [0, 0.1) is 12.8 Å². The van der Waals surface area contributed by atoms with Crippen LogP contribution in [0.4, 0.5) is 0 Å². The molecule has 35 heavy (non-hydrogen) atoms. The molecule has 6 nitrogen and oxygen atoms in total. The number of imidazole rings is 1. The largest absolute Gasteiger partial charge is 1.00 e. The average molecular weight is 541 g/mol. The first-order chi connectivity index (χ1) is 16.5. The fourth-order valence-corrected chi connectivity index (χ4v) is 5.60. The Morgan fingerprint density at radius 3 is 2.20 bits per heavy atom. The van der Waals surface area contributed by atoms with Crippen LogP contribution in [0.1, 0.15) is 55.6 Å². The van der Waals surface area contributed by atoms with Gasteiger partial charge in [-0.3, -0.25) is 4.79 Å². The first-order valence-electron chi connectivity index (χ1n) is 12.1. The molecule has 2 atom stereocenters. The SMILES string of the molecule is CCCOC(=O)Cn1cc[n+]([C@H]2CC[C@@H](C(C(N)=O)(c3ccccc3)c3ccccc3)C2)c1C.[Br-]. The normalized spacial score (nSPS) is 17.5. The minimum absolute atomic E-state index is 0. The first-order valence-corrected chi connectivity index (χ1v) is 12.1. The van der Waals surface area contributed by atoms with E-state index >= 15 is 0 Å². The van der Waals surface area contributed by atoms with E-state index in [1.165, 1.54) is 0 Å². The predicted octanol–water partition coefficient (Wildman–Crippen LogP) is 0.854. The third-order valence-electron chi connectivity index (χ3n) is 7.22. The Bertz CT molecular complexity index is 1090. The van der Waals surface area contributed by atoms with Crippen molar-refractivity contribution in [1.29, 1.82) is 0 Å². The minimum Gasteiger partial charge on any atom is -1.00 e. The molecule has 0 spiro atoms. The molecule has 186 valence electrons. The summed E-state index contributed by atoms with van der Waals surface area (Å²) in [6.07, 6.45) is 7.42. The molecule has 7 heteroatoms. The van der Waals surface area contributed by atoms with E-state index in [1.807, 2.05) is 91.5 Å². The summed E-state index contributed by atoms with van der Waals surface area (Å²) in [5, 5.41) is 0. The lowest BCUT2D eigenvalue weighted by Gasteiger charge is -2.37. The number of halogens is 1. The molecule has 1 fully saturated rings. The van der Waals surface area contributed by atoms with E-state index in [0.29, 0.717) is 6.61 Å². The van der Waals surface area contributed by atoms with Gasteiger partial charge >= 0.3 is 5.97 Å². The fraction of sp³-hybridized carbons (Fsp3) is 0.393. The summed E-state index contributed by atoms with van der Waals surface area (Å²) in [5.41, 5.74) is 7.22. The zero-order valence-electron chi connectivity index (χ0n) is 20.4. The van der Waals surface area contributed by atoms with Crippen LogP contribution >= 0.6 is 0 Å². The van der Waals surface area contributed by atoms with E-state index in [4.69, 9.17) is 10.5 Å². The number of hydrogen-bond acceptors (Lipinski definition) is 3. The lowest BCUT2D eigenvalue weighted by molar-refractivity contribution is -0.727. The average Bonchev–Trinajstić information content (AvgIpc) is 3.47. The van der Waals surface area contributed by atoms with Crippen LogP contribution < -0.4 is 27.3 Å². The van der Waals surface area contributed by atoms with E-state index in [2.05, 4.69) is 4.57 Å². The van der Waals surface area contributed by atoms with Crippen LogP contribution in [0.3, 0.4) is 0 Å². The third-order valence-corrected chi connectivity index (χ3v) is 7.22. The molecule has 1 aromatic heterocycles. The first kappa shape index (κ1) is 26.7. The van der Waals surface area contributed by atoms with Gasteiger partial charge < -0.3 is 27.5 Å². The van der Waals surface area contributed by atoms with Gasteiger partial charge in [0.15, 0.2) is 6.54 Å². The summed E-state index contributed by atoms with van der Waals surface area (Å²) in [5.74, 6) is 0.527. The molecule has 1 aliphatic carbocycles. The van der Waals surface area contributed by atoms with Crippen molar-refractivity contribution in [3.63, 3.8) is 0 Å². The summed E-state index contributed by atoms with van der Waals surface area (Å²) in [6.45, 7) is 4.65. The summed E-state index contributed by atoms with van der Waals surface area (Å²) >= 11 is 0. The molecular formula is C28H34BrN3O3. The standard InChI is InChI=1S/C28H33N3O3.BrH/c1-3-18-34-26(32)20-30-16-17-31(21(30)2)25-15-14-24(19-25)28(27(29)33,22-10-6-4-7-11-22)23-12-8-5-9-13-23;/h4-13,16-17,24-25H,3,14-15,18-20H2,1-2H3,(H-,29,33);1H/t24-,25+;/m1./s1. The van der Waals surface area contributed by atoms with Crippen LogP contribution in [0.5, 0.6) is 0 Å². The van der Waals surface area contributed by atoms with Gasteiger partial charge in [0.1, 0.15) is 23.9 Å². The van der Waals surface area contributed by atoms with E-state index < -0.39 is 5.41 Å². The highest BCUT2D eigenvalue weighted by atomic mass is 79.9. The monoisotopic (exact) mass is 539 g/mol. The quantitative estimate of drug-likeness (QED) is 0.323. The van der Waals surface area contributed by atoms with Crippen molar-refractivity contribution >= 4 is 11.9 Å². The van der Waals surface area contributed by atoms with Crippen molar-refractivity contribution in [2.45, 2.75) is 57.5 Å². The van der Waals surface area contributed by atoms with E-state index in [1.54, 1.807) is 0 Å². The molecule has 0 radical (unpaired) electrons. The van der Waals surface area contributed by atoms with Gasteiger partial charge in [-0.05, 0) is 42.7 Å². The molecule has 1 heterocycles. The number of primary amides is 1. The van der Waals surface area contributed by atoms with Crippen molar-refractivity contribution in [1.82, 2.24) is 4.57 Å². The Kier molecular flexibility index (Phi) is 8.89. The highest BCUT2D eigenvalue weighted by molar-refractivity contribution is 5.91. The van der Waals surface area contributed by atoms with Crippen LogP contribution in [-0.4, -0.2) is 23.1 Å². The summed E-state index contributed by atoms with van der Waals surface area (Å²) < 4.78 is 9.41. The third kappa shape index (κ3) is 5.20. The second-order valence-electron chi connectivity index (χ2n) is 9.17. The van der Waals surface area contributed by atoms with Crippen molar-refractivity contribution in [2.24, 2.45) is 11.7 Å². The summed E-state index contributed by atoms with van der Waals surface area (Å²) in [6, 6.07) is 20.1. The molecule has 0 unspecified atom stereocenters. The number of carbonyl (C=O) groups excluding carboxylic acids is 2. The molecule has 1 amide bonds. The topological polar surface area (TPSA) is 78.2 Å². The van der Waals surface area contributed by atoms with E-state index in [0.717, 1.165) is 42.6 Å². The molecule has 0 bridgehead atoms. The van der Waals surface area contributed by atoms with Gasteiger partial charge in [0.25, 0.3) is 5.82 Å². The zero-order chi connectivity index (χ0) is 24.1. The number of esters is 1. The van der Waals surface area contributed by atoms with Crippen LogP contribution in [0.15, 0.2) is 73.1 Å². The molecule has 2 N–H and O–H groups in total. The van der Waals surface area contributed by atoms with Gasteiger partial charge in [0.05, 0.1) is 6.61 Å². The number of ether oxygens (including phenoxy) is 1. The number of nitrogens with zero attached hydrogens (tertiary/aromatic N) is 2. The Labute approximate surface area is 217 Å². The smallest absolute Gasteiger partial charge is 0.348 e. The van der Waals surface area contributed by atoms with Crippen LogP contribution in [0.2, 0.25) is 0 Å². The van der Waals surface area contributed by atoms with Gasteiger partial charge in [0, 0.05) is 6.92 Å². The lowest BCUT2D eigenvalue weighted by Crippen LogP contribution is -3.00. The number of carbonyl (C=O) groups is 2. The van der Waals surface area contributed by atoms with E-state index in [-0.39, 0.29) is 47.4 Å². The molecule has 3 aromatic rings. The number of aromatic nitrogens is 2. The molecular weight excluding hydrogens is 506 g/mol.